The normalized spacial score (nSPS) is 18.5. The summed E-state index contributed by atoms with van der Waals surface area (Å²) in [4.78, 5) is 27.1. The standard InChI is InChI=1S/C22H22ClNO4/c1-3-4-12-24-19(14-8-6-5-7-9-14)18(21(26)22(24)27)20(25)15-10-11-17(28-2)16(23)13-15/h5-11,13,19,25H,3-4,12H2,1-2H3/b20-18-. The molecule has 2 aromatic rings. The number of hydrogen-bond acceptors (Lipinski definition) is 4. The monoisotopic (exact) mass is 399 g/mol. The summed E-state index contributed by atoms with van der Waals surface area (Å²) in [6.45, 7) is 2.47. The van der Waals surface area contributed by atoms with E-state index in [9.17, 15) is 14.7 Å². The molecule has 1 heterocycles. The van der Waals surface area contributed by atoms with Gasteiger partial charge in [0.05, 0.1) is 23.7 Å². The number of ether oxygens (including phenoxy) is 1. The number of halogens is 1. The van der Waals surface area contributed by atoms with Crippen LogP contribution in [-0.2, 0) is 9.59 Å². The minimum Gasteiger partial charge on any atom is -0.507 e. The number of hydrogen-bond donors (Lipinski definition) is 1. The molecule has 0 spiro atoms. The Hall–Kier alpha value is -2.79. The zero-order chi connectivity index (χ0) is 20.3. The van der Waals surface area contributed by atoms with Gasteiger partial charge in [0.25, 0.3) is 11.7 Å². The van der Waals surface area contributed by atoms with Gasteiger partial charge in [-0.15, -0.1) is 0 Å². The summed E-state index contributed by atoms with van der Waals surface area (Å²) in [5, 5.41) is 11.3. The van der Waals surface area contributed by atoms with Crippen molar-refractivity contribution in [1.82, 2.24) is 4.90 Å². The van der Waals surface area contributed by atoms with Crippen molar-refractivity contribution in [2.75, 3.05) is 13.7 Å². The molecule has 0 aliphatic carbocycles. The lowest BCUT2D eigenvalue weighted by Crippen LogP contribution is -2.30. The van der Waals surface area contributed by atoms with Gasteiger partial charge < -0.3 is 14.7 Å². The van der Waals surface area contributed by atoms with Crippen molar-refractivity contribution in [3.8, 4) is 5.75 Å². The van der Waals surface area contributed by atoms with Crippen LogP contribution in [0.25, 0.3) is 5.76 Å². The SMILES string of the molecule is CCCCN1C(=O)C(=O)/C(=C(\O)c2ccc(OC)c(Cl)c2)C1c1ccccc1. The van der Waals surface area contributed by atoms with Crippen LogP contribution in [0.5, 0.6) is 5.75 Å². The van der Waals surface area contributed by atoms with Gasteiger partial charge in [-0.3, -0.25) is 9.59 Å². The van der Waals surface area contributed by atoms with Crippen LogP contribution in [0.1, 0.15) is 36.9 Å². The van der Waals surface area contributed by atoms with E-state index in [2.05, 4.69) is 0 Å². The number of methoxy groups -OCH3 is 1. The molecule has 0 radical (unpaired) electrons. The number of rotatable bonds is 6. The lowest BCUT2D eigenvalue weighted by molar-refractivity contribution is -0.139. The molecule has 2 aromatic carbocycles. The van der Waals surface area contributed by atoms with Crippen molar-refractivity contribution in [2.45, 2.75) is 25.8 Å². The molecule has 3 rings (SSSR count). The maximum atomic E-state index is 12.8. The zero-order valence-corrected chi connectivity index (χ0v) is 16.6. The third kappa shape index (κ3) is 3.62. The van der Waals surface area contributed by atoms with Gasteiger partial charge in [0.15, 0.2) is 0 Å². The van der Waals surface area contributed by atoms with E-state index in [1.807, 2.05) is 37.3 Å². The zero-order valence-electron chi connectivity index (χ0n) is 15.8. The number of benzene rings is 2. The number of amides is 1. The van der Waals surface area contributed by atoms with E-state index in [4.69, 9.17) is 16.3 Å². The van der Waals surface area contributed by atoms with Crippen LogP contribution in [0.15, 0.2) is 54.1 Å². The molecular weight excluding hydrogens is 378 g/mol. The minimum absolute atomic E-state index is 0.0773. The average Bonchev–Trinajstić information content (AvgIpc) is 2.97. The Bertz CT molecular complexity index is 923. The number of carbonyl (C=O) groups is 2. The molecule has 1 fully saturated rings. The summed E-state index contributed by atoms with van der Waals surface area (Å²) in [6, 6.07) is 13.4. The lowest BCUT2D eigenvalue weighted by Gasteiger charge is -2.25. The molecule has 1 aliphatic rings. The number of aliphatic hydroxyl groups excluding tert-OH is 1. The smallest absolute Gasteiger partial charge is 0.295 e. The van der Waals surface area contributed by atoms with Gasteiger partial charge >= 0.3 is 0 Å². The second kappa shape index (κ2) is 8.48. The second-order valence-corrected chi connectivity index (χ2v) is 7.01. The number of carbonyl (C=O) groups excluding carboxylic acids is 2. The van der Waals surface area contributed by atoms with Crippen molar-refractivity contribution < 1.29 is 19.4 Å². The number of unbranched alkanes of at least 4 members (excludes halogenated alkanes) is 1. The van der Waals surface area contributed by atoms with E-state index in [0.29, 0.717) is 22.9 Å². The molecule has 6 heteroatoms. The van der Waals surface area contributed by atoms with E-state index in [1.54, 1.807) is 12.1 Å². The summed E-state index contributed by atoms with van der Waals surface area (Å²) in [6.07, 6.45) is 1.66. The average molecular weight is 400 g/mol. The summed E-state index contributed by atoms with van der Waals surface area (Å²) in [5.41, 5.74) is 1.22. The maximum absolute atomic E-state index is 12.8. The van der Waals surface area contributed by atoms with Crippen molar-refractivity contribution in [1.29, 1.82) is 0 Å². The molecule has 1 aliphatic heterocycles. The van der Waals surface area contributed by atoms with Gasteiger partial charge in [-0.2, -0.15) is 0 Å². The van der Waals surface area contributed by atoms with Gasteiger partial charge in [-0.05, 0) is 30.2 Å². The van der Waals surface area contributed by atoms with E-state index >= 15 is 0 Å². The van der Waals surface area contributed by atoms with Crippen LogP contribution in [0.3, 0.4) is 0 Å². The minimum atomic E-state index is -0.686. The number of ketones is 1. The molecule has 1 N–H and O–H groups in total. The van der Waals surface area contributed by atoms with Gasteiger partial charge in [-0.1, -0.05) is 55.3 Å². The summed E-state index contributed by atoms with van der Waals surface area (Å²) in [5.74, 6) is -1.06. The van der Waals surface area contributed by atoms with Gasteiger partial charge in [-0.25, -0.2) is 0 Å². The third-order valence-electron chi connectivity index (χ3n) is 4.83. The predicted octanol–water partition coefficient (Wildman–Crippen LogP) is 4.57. The van der Waals surface area contributed by atoms with Crippen LogP contribution < -0.4 is 4.74 Å². The Labute approximate surface area is 169 Å². The first-order valence-electron chi connectivity index (χ1n) is 9.16. The van der Waals surface area contributed by atoms with E-state index in [-0.39, 0.29) is 11.3 Å². The summed E-state index contributed by atoms with van der Waals surface area (Å²) >= 11 is 6.17. The number of likely N-dealkylation sites (tertiary alicyclic amines) is 1. The quantitative estimate of drug-likeness (QED) is 0.439. The Kier molecular flexibility index (Phi) is 6.05. The van der Waals surface area contributed by atoms with E-state index < -0.39 is 17.7 Å². The Morgan fingerprint density at radius 2 is 1.89 bits per heavy atom. The number of Topliss-reactive ketones (excluding diaryl/α,β-unsaturated/α-hetero) is 1. The molecule has 0 aromatic heterocycles. The topological polar surface area (TPSA) is 66.8 Å². The fourth-order valence-electron chi connectivity index (χ4n) is 3.39. The van der Waals surface area contributed by atoms with E-state index in [1.165, 1.54) is 18.1 Å². The molecule has 1 unspecified atom stereocenters. The van der Waals surface area contributed by atoms with Crippen molar-refractivity contribution >= 4 is 29.1 Å². The van der Waals surface area contributed by atoms with Crippen LogP contribution in [0, 0.1) is 0 Å². The van der Waals surface area contributed by atoms with Crippen molar-refractivity contribution in [2.24, 2.45) is 0 Å². The molecular formula is C22H22ClNO4. The van der Waals surface area contributed by atoms with Crippen LogP contribution in [0.2, 0.25) is 5.02 Å². The van der Waals surface area contributed by atoms with E-state index in [0.717, 1.165) is 18.4 Å². The Morgan fingerprint density at radius 3 is 2.50 bits per heavy atom. The summed E-state index contributed by atoms with van der Waals surface area (Å²) in [7, 11) is 1.50. The van der Waals surface area contributed by atoms with Gasteiger partial charge in [0.1, 0.15) is 11.5 Å². The first kappa shape index (κ1) is 20.0. The highest BCUT2D eigenvalue weighted by molar-refractivity contribution is 6.46. The summed E-state index contributed by atoms with van der Waals surface area (Å²) < 4.78 is 5.14. The number of aliphatic hydroxyl groups is 1. The Balaban J connectivity index is 2.15. The number of nitrogens with zero attached hydrogens (tertiary/aromatic N) is 1. The fraction of sp³-hybridized carbons (Fsp3) is 0.273. The molecule has 1 amide bonds. The van der Waals surface area contributed by atoms with Crippen LogP contribution in [-0.4, -0.2) is 35.4 Å². The van der Waals surface area contributed by atoms with Crippen LogP contribution in [0.4, 0.5) is 0 Å². The largest absolute Gasteiger partial charge is 0.507 e. The fourth-order valence-corrected chi connectivity index (χ4v) is 3.65. The molecule has 1 saturated heterocycles. The highest BCUT2D eigenvalue weighted by Gasteiger charge is 2.45. The Morgan fingerprint density at radius 1 is 1.18 bits per heavy atom. The molecule has 0 bridgehead atoms. The molecule has 28 heavy (non-hydrogen) atoms. The second-order valence-electron chi connectivity index (χ2n) is 6.61. The maximum Gasteiger partial charge on any atom is 0.295 e. The third-order valence-corrected chi connectivity index (χ3v) is 5.13. The van der Waals surface area contributed by atoms with Crippen molar-refractivity contribution in [3.63, 3.8) is 0 Å². The molecule has 0 saturated carbocycles. The highest BCUT2D eigenvalue weighted by Crippen LogP contribution is 2.40. The van der Waals surface area contributed by atoms with Crippen LogP contribution >= 0.6 is 11.6 Å². The van der Waals surface area contributed by atoms with Gasteiger partial charge in [0, 0.05) is 12.1 Å². The highest BCUT2D eigenvalue weighted by atomic mass is 35.5. The first-order chi connectivity index (χ1) is 13.5. The first-order valence-corrected chi connectivity index (χ1v) is 9.54. The lowest BCUT2D eigenvalue weighted by atomic mass is 9.95. The van der Waals surface area contributed by atoms with Gasteiger partial charge in [0.2, 0.25) is 0 Å². The molecule has 146 valence electrons. The van der Waals surface area contributed by atoms with Crippen molar-refractivity contribution in [3.05, 3.63) is 70.3 Å². The molecule has 1 atom stereocenters. The molecule has 5 nitrogen and oxygen atoms in total. The predicted molar refractivity (Wildman–Crippen MR) is 108 cm³/mol.